The standard InChI is InChI=1S/C13H19NO4S/c1-13(2)14-11(8-15)12(16-13)9-4-6-10(7-5-9)17-18-19-3/h4-7,11-12,14-15H,8H2,1-3H3/t11-,12-/m1/s1. The summed E-state index contributed by atoms with van der Waals surface area (Å²) in [4.78, 5) is 5.02. The summed E-state index contributed by atoms with van der Waals surface area (Å²) in [6.07, 6.45) is 1.61. The lowest BCUT2D eigenvalue weighted by Crippen LogP contribution is -2.40. The lowest BCUT2D eigenvalue weighted by Gasteiger charge is -2.18. The van der Waals surface area contributed by atoms with Crippen LogP contribution in [-0.4, -0.2) is 29.7 Å². The van der Waals surface area contributed by atoms with E-state index in [9.17, 15) is 5.11 Å². The van der Waals surface area contributed by atoms with Gasteiger partial charge in [-0.2, -0.15) is 0 Å². The van der Waals surface area contributed by atoms with E-state index >= 15 is 0 Å². The van der Waals surface area contributed by atoms with Crippen molar-refractivity contribution in [3.63, 3.8) is 0 Å². The van der Waals surface area contributed by atoms with Crippen molar-refractivity contribution < 1.29 is 19.1 Å². The summed E-state index contributed by atoms with van der Waals surface area (Å²) < 4.78 is 10.7. The van der Waals surface area contributed by atoms with Crippen molar-refractivity contribution in [3.8, 4) is 5.75 Å². The Morgan fingerprint density at radius 1 is 1.37 bits per heavy atom. The lowest BCUT2D eigenvalue weighted by molar-refractivity contribution is -0.0771. The Morgan fingerprint density at radius 3 is 2.63 bits per heavy atom. The maximum absolute atomic E-state index is 9.41. The Kier molecular flexibility index (Phi) is 4.70. The minimum absolute atomic E-state index is 0.0297. The zero-order valence-corrected chi connectivity index (χ0v) is 12.1. The topological polar surface area (TPSA) is 60.0 Å². The van der Waals surface area contributed by atoms with E-state index in [-0.39, 0.29) is 18.8 Å². The first-order valence-corrected chi connectivity index (χ1v) is 7.24. The number of aliphatic hydroxyl groups is 1. The predicted molar refractivity (Wildman–Crippen MR) is 73.6 cm³/mol. The minimum Gasteiger partial charge on any atom is -0.395 e. The van der Waals surface area contributed by atoms with E-state index in [0.717, 1.165) is 17.6 Å². The summed E-state index contributed by atoms with van der Waals surface area (Å²) in [5.74, 6) is 0.629. The van der Waals surface area contributed by atoms with Crippen LogP contribution in [0.5, 0.6) is 5.75 Å². The van der Waals surface area contributed by atoms with E-state index in [1.54, 1.807) is 6.26 Å². The highest BCUT2D eigenvalue weighted by Crippen LogP contribution is 2.33. The molecule has 1 saturated heterocycles. The van der Waals surface area contributed by atoms with Gasteiger partial charge in [-0.05, 0) is 31.5 Å². The number of benzene rings is 1. The van der Waals surface area contributed by atoms with Crippen LogP contribution in [0.2, 0.25) is 0 Å². The number of hydrogen-bond donors (Lipinski definition) is 2. The van der Waals surface area contributed by atoms with Gasteiger partial charge in [0.25, 0.3) is 0 Å². The summed E-state index contributed by atoms with van der Waals surface area (Å²) in [6.45, 7) is 3.92. The van der Waals surface area contributed by atoms with Gasteiger partial charge in [-0.3, -0.25) is 5.32 Å². The van der Waals surface area contributed by atoms with Crippen molar-refractivity contribution in [2.24, 2.45) is 0 Å². The van der Waals surface area contributed by atoms with Gasteiger partial charge in [0.05, 0.1) is 12.6 Å². The Balaban J connectivity index is 2.09. The molecule has 0 radical (unpaired) electrons. The molecular formula is C13H19NO4S. The van der Waals surface area contributed by atoms with Crippen LogP contribution in [0.25, 0.3) is 0 Å². The zero-order chi connectivity index (χ0) is 13.9. The van der Waals surface area contributed by atoms with Crippen molar-refractivity contribution in [2.45, 2.75) is 31.7 Å². The first-order valence-electron chi connectivity index (χ1n) is 6.09. The molecule has 19 heavy (non-hydrogen) atoms. The average Bonchev–Trinajstić information content (AvgIpc) is 2.72. The molecule has 0 spiro atoms. The van der Waals surface area contributed by atoms with Gasteiger partial charge < -0.3 is 14.7 Å². The van der Waals surface area contributed by atoms with Gasteiger partial charge in [-0.15, -0.1) is 4.33 Å². The highest BCUT2D eigenvalue weighted by molar-refractivity contribution is 7.93. The van der Waals surface area contributed by atoms with E-state index in [1.807, 2.05) is 38.1 Å². The smallest absolute Gasteiger partial charge is 0.166 e. The van der Waals surface area contributed by atoms with Crippen molar-refractivity contribution in [3.05, 3.63) is 29.8 Å². The molecule has 2 N–H and O–H groups in total. The first-order chi connectivity index (χ1) is 9.05. The Hall–Kier alpha value is -0.790. The first kappa shape index (κ1) is 14.6. The highest BCUT2D eigenvalue weighted by Gasteiger charge is 2.39. The third-order valence-corrected chi connectivity index (χ3v) is 3.13. The minimum atomic E-state index is -0.435. The molecule has 0 amide bonds. The number of rotatable bonds is 5. The molecule has 2 atom stereocenters. The van der Waals surface area contributed by atoms with Crippen LogP contribution in [0.1, 0.15) is 25.5 Å². The second-order valence-electron chi connectivity index (χ2n) is 4.87. The summed E-state index contributed by atoms with van der Waals surface area (Å²) in [6, 6.07) is 7.35. The monoisotopic (exact) mass is 285 g/mol. The Morgan fingerprint density at radius 2 is 2.05 bits per heavy atom. The van der Waals surface area contributed by atoms with E-state index < -0.39 is 5.72 Å². The molecule has 1 fully saturated rings. The molecule has 2 rings (SSSR count). The third kappa shape index (κ3) is 3.61. The molecule has 5 nitrogen and oxygen atoms in total. The lowest BCUT2D eigenvalue weighted by atomic mass is 10.0. The van der Waals surface area contributed by atoms with Crippen LogP contribution in [0.15, 0.2) is 24.3 Å². The molecule has 0 aliphatic carbocycles. The van der Waals surface area contributed by atoms with Gasteiger partial charge in [0, 0.05) is 18.3 Å². The molecule has 1 heterocycles. The van der Waals surface area contributed by atoms with Gasteiger partial charge in [0.2, 0.25) is 0 Å². The van der Waals surface area contributed by atoms with Gasteiger partial charge in [0.15, 0.2) is 5.75 Å². The number of ether oxygens (including phenoxy) is 1. The zero-order valence-electron chi connectivity index (χ0n) is 11.3. The van der Waals surface area contributed by atoms with Crippen molar-refractivity contribution in [1.82, 2.24) is 5.32 Å². The van der Waals surface area contributed by atoms with Crippen LogP contribution in [-0.2, 0) is 9.07 Å². The van der Waals surface area contributed by atoms with Crippen molar-refractivity contribution in [2.75, 3.05) is 12.9 Å². The van der Waals surface area contributed by atoms with Crippen molar-refractivity contribution in [1.29, 1.82) is 0 Å². The second-order valence-corrected chi connectivity index (χ2v) is 5.34. The number of hydrogen-bond acceptors (Lipinski definition) is 6. The Bertz CT molecular complexity index is 410. The maximum atomic E-state index is 9.41. The molecule has 6 heteroatoms. The fraction of sp³-hybridized carbons (Fsp3) is 0.538. The number of aliphatic hydroxyl groups excluding tert-OH is 1. The largest absolute Gasteiger partial charge is 0.395 e. The van der Waals surface area contributed by atoms with Gasteiger partial charge in [0.1, 0.15) is 11.8 Å². The van der Waals surface area contributed by atoms with Crippen molar-refractivity contribution >= 4 is 12.0 Å². The quantitative estimate of drug-likeness (QED) is 0.490. The SMILES string of the molecule is CSOOc1ccc([C@H]2OC(C)(C)N[C@@H]2CO)cc1. The second kappa shape index (κ2) is 6.11. The van der Waals surface area contributed by atoms with Gasteiger partial charge >= 0.3 is 0 Å². The molecule has 106 valence electrons. The van der Waals surface area contributed by atoms with Gasteiger partial charge in [-0.25, -0.2) is 0 Å². The highest BCUT2D eigenvalue weighted by atomic mass is 32.2. The normalized spacial score (nSPS) is 25.5. The molecule has 0 unspecified atom stereocenters. The van der Waals surface area contributed by atoms with Crippen LogP contribution in [0, 0.1) is 0 Å². The van der Waals surface area contributed by atoms with Crippen LogP contribution >= 0.6 is 12.0 Å². The van der Waals surface area contributed by atoms with E-state index in [4.69, 9.17) is 14.0 Å². The van der Waals surface area contributed by atoms with Crippen LogP contribution < -0.4 is 10.2 Å². The van der Waals surface area contributed by atoms with Gasteiger partial charge in [-0.1, -0.05) is 12.1 Å². The molecule has 1 aromatic carbocycles. The Labute approximate surface area is 117 Å². The fourth-order valence-corrected chi connectivity index (χ4v) is 2.33. The molecule has 1 aliphatic rings. The summed E-state index contributed by atoms with van der Waals surface area (Å²) in [7, 11) is 0. The summed E-state index contributed by atoms with van der Waals surface area (Å²) >= 11 is 1.14. The predicted octanol–water partition coefficient (Wildman–Crippen LogP) is 2.03. The average molecular weight is 285 g/mol. The number of nitrogens with one attached hydrogen (secondary N) is 1. The van der Waals surface area contributed by atoms with Crippen LogP contribution in [0.4, 0.5) is 0 Å². The van der Waals surface area contributed by atoms with E-state index in [1.165, 1.54) is 0 Å². The van der Waals surface area contributed by atoms with E-state index in [2.05, 4.69) is 5.32 Å². The summed E-state index contributed by atoms with van der Waals surface area (Å²) in [5.41, 5.74) is 0.559. The molecular weight excluding hydrogens is 266 g/mol. The maximum Gasteiger partial charge on any atom is 0.166 e. The molecule has 0 saturated carbocycles. The summed E-state index contributed by atoms with van der Waals surface area (Å²) in [5, 5.41) is 12.7. The third-order valence-electron chi connectivity index (χ3n) is 2.92. The molecule has 0 aromatic heterocycles. The molecule has 0 bridgehead atoms. The van der Waals surface area contributed by atoms with Crippen LogP contribution in [0.3, 0.4) is 0 Å². The van der Waals surface area contributed by atoms with E-state index in [0.29, 0.717) is 5.75 Å². The fourth-order valence-electron chi connectivity index (χ4n) is 2.18. The molecule has 1 aromatic rings. The molecule has 1 aliphatic heterocycles.